The molecule has 0 radical (unpaired) electrons. The molecule has 94 valence electrons. The molecule has 0 spiro atoms. The number of nitrogens with zero attached hydrogens (tertiary/aromatic N) is 3. The van der Waals surface area contributed by atoms with Crippen LogP contribution in [0.4, 0.5) is 0 Å². The molecule has 18 heavy (non-hydrogen) atoms. The van der Waals surface area contributed by atoms with E-state index in [0.29, 0.717) is 18.5 Å². The van der Waals surface area contributed by atoms with Crippen molar-refractivity contribution in [3.63, 3.8) is 0 Å². The molecule has 0 atom stereocenters. The van der Waals surface area contributed by atoms with Gasteiger partial charge in [-0.25, -0.2) is 4.68 Å². The molecular formula is C13H15N3O2. The number of rotatable bonds is 4. The van der Waals surface area contributed by atoms with Gasteiger partial charge in [0.05, 0.1) is 12.2 Å². The highest BCUT2D eigenvalue weighted by Gasteiger charge is 2.16. The predicted molar refractivity (Wildman–Crippen MR) is 66.7 cm³/mol. The Morgan fingerprint density at radius 2 is 2.11 bits per heavy atom. The van der Waals surface area contributed by atoms with Crippen LogP contribution < -0.4 is 0 Å². The number of benzene rings is 1. The van der Waals surface area contributed by atoms with Crippen LogP contribution in [0, 0.1) is 0 Å². The minimum atomic E-state index is 0.144. The second-order valence-electron chi connectivity index (χ2n) is 4.42. The Bertz CT molecular complexity index is 561. The second-order valence-corrected chi connectivity index (χ2v) is 4.42. The first-order valence-corrected chi connectivity index (χ1v) is 5.79. The number of aromatic hydroxyl groups is 1. The van der Waals surface area contributed by atoms with Gasteiger partial charge in [0.1, 0.15) is 11.4 Å². The molecule has 5 nitrogen and oxygen atoms in total. The lowest BCUT2D eigenvalue weighted by Gasteiger charge is -2.10. The van der Waals surface area contributed by atoms with Crippen LogP contribution in [0.25, 0.3) is 0 Å². The summed E-state index contributed by atoms with van der Waals surface area (Å²) in [5.74, 6) is 0.362. The van der Waals surface area contributed by atoms with Gasteiger partial charge in [0, 0.05) is 5.56 Å². The van der Waals surface area contributed by atoms with E-state index in [1.165, 1.54) is 0 Å². The Hall–Kier alpha value is -2.17. The van der Waals surface area contributed by atoms with E-state index in [-0.39, 0.29) is 11.7 Å². The normalized spacial score (nSPS) is 10.8. The summed E-state index contributed by atoms with van der Waals surface area (Å²) in [5, 5.41) is 17.5. The molecule has 0 fully saturated rings. The first-order chi connectivity index (χ1) is 8.63. The van der Waals surface area contributed by atoms with E-state index >= 15 is 0 Å². The highest BCUT2D eigenvalue weighted by molar-refractivity contribution is 5.73. The zero-order valence-electron chi connectivity index (χ0n) is 10.4. The molecule has 0 bridgehead atoms. The molecule has 0 aliphatic heterocycles. The standard InChI is InChI=1S/C13H15N3O2/c1-9(2)13-11(8-17)14-15-16(13)7-10-5-3-4-6-12(10)18/h3-6,8-9,18H,7H2,1-2H3. The minimum absolute atomic E-state index is 0.144. The maximum atomic E-state index is 10.9. The highest BCUT2D eigenvalue weighted by Crippen LogP contribution is 2.21. The lowest BCUT2D eigenvalue weighted by Crippen LogP contribution is -2.09. The maximum Gasteiger partial charge on any atom is 0.172 e. The van der Waals surface area contributed by atoms with Crippen LogP contribution in [0.1, 0.15) is 41.5 Å². The molecule has 0 unspecified atom stereocenters. The summed E-state index contributed by atoms with van der Waals surface area (Å²) in [6.45, 7) is 4.36. The molecule has 0 aliphatic rings. The zero-order valence-corrected chi connectivity index (χ0v) is 10.4. The van der Waals surface area contributed by atoms with Gasteiger partial charge in [0.25, 0.3) is 0 Å². The number of carbonyl (C=O) groups excluding carboxylic acids is 1. The molecule has 1 aromatic heterocycles. The van der Waals surface area contributed by atoms with Crippen LogP contribution in [-0.2, 0) is 6.54 Å². The van der Waals surface area contributed by atoms with E-state index in [1.807, 2.05) is 26.0 Å². The SMILES string of the molecule is CC(C)c1c(C=O)nnn1Cc1ccccc1O. The molecule has 5 heteroatoms. The van der Waals surface area contributed by atoms with E-state index in [1.54, 1.807) is 16.8 Å². The maximum absolute atomic E-state index is 10.9. The number of phenolic OH excluding ortho intramolecular Hbond substituents is 1. The van der Waals surface area contributed by atoms with Crippen molar-refractivity contribution in [1.29, 1.82) is 0 Å². The van der Waals surface area contributed by atoms with Gasteiger partial charge in [-0.05, 0) is 12.0 Å². The van der Waals surface area contributed by atoms with Crippen molar-refractivity contribution in [3.05, 3.63) is 41.2 Å². The van der Waals surface area contributed by atoms with Gasteiger partial charge >= 0.3 is 0 Å². The van der Waals surface area contributed by atoms with Gasteiger partial charge in [0.15, 0.2) is 6.29 Å². The Kier molecular flexibility index (Phi) is 3.41. The van der Waals surface area contributed by atoms with Gasteiger partial charge in [-0.3, -0.25) is 4.79 Å². The summed E-state index contributed by atoms with van der Waals surface area (Å²) < 4.78 is 1.66. The summed E-state index contributed by atoms with van der Waals surface area (Å²) in [7, 11) is 0. The van der Waals surface area contributed by atoms with Gasteiger partial charge < -0.3 is 5.11 Å². The first-order valence-electron chi connectivity index (χ1n) is 5.79. The fourth-order valence-electron chi connectivity index (χ4n) is 1.93. The molecule has 0 saturated heterocycles. The number of aldehydes is 1. The average Bonchev–Trinajstić information content (AvgIpc) is 2.75. The molecule has 0 amide bonds. The van der Waals surface area contributed by atoms with Crippen molar-refractivity contribution in [2.75, 3.05) is 0 Å². The van der Waals surface area contributed by atoms with Crippen LogP contribution in [0.2, 0.25) is 0 Å². The number of phenols is 1. The molecule has 0 aliphatic carbocycles. The molecule has 1 heterocycles. The van der Waals surface area contributed by atoms with Crippen LogP contribution in [0.3, 0.4) is 0 Å². The third-order valence-electron chi connectivity index (χ3n) is 2.77. The lowest BCUT2D eigenvalue weighted by molar-refractivity contribution is 0.111. The predicted octanol–water partition coefficient (Wildman–Crippen LogP) is 1.97. The van der Waals surface area contributed by atoms with Crippen LogP contribution in [-0.4, -0.2) is 26.4 Å². The number of carbonyl (C=O) groups is 1. The second kappa shape index (κ2) is 5.00. The summed E-state index contributed by atoms with van der Waals surface area (Å²) in [6, 6.07) is 7.06. The highest BCUT2D eigenvalue weighted by atomic mass is 16.3. The number of hydrogen-bond donors (Lipinski definition) is 1. The number of para-hydroxylation sites is 1. The van der Waals surface area contributed by atoms with Crippen molar-refractivity contribution >= 4 is 6.29 Å². The molecule has 2 aromatic rings. The Morgan fingerprint density at radius 1 is 1.39 bits per heavy atom. The Labute approximate surface area is 105 Å². The van der Waals surface area contributed by atoms with Crippen molar-refractivity contribution in [3.8, 4) is 5.75 Å². The van der Waals surface area contributed by atoms with Gasteiger partial charge in [0.2, 0.25) is 0 Å². The molecule has 1 aromatic carbocycles. The summed E-state index contributed by atoms with van der Waals surface area (Å²) >= 11 is 0. The number of aromatic nitrogens is 3. The lowest BCUT2D eigenvalue weighted by atomic mass is 10.1. The molecule has 0 saturated carbocycles. The van der Waals surface area contributed by atoms with Crippen molar-refractivity contribution in [2.45, 2.75) is 26.3 Å². The Balaban J connectivity index is 2.38. The Morgan fingerprint density at radius 3 is 2.72 bits per heavy atom. The topological polar surface area (TPSA) is 68.0 Å². The third kappa shape index (κ3) is 2.25. The smallest absolute Gasteiger partial charge is 0.172 e. The molecular weight excluding hydrogens is 230 g/mol. The van der Waals surface area contributed by atoms with Gasteiger partial charge in [-0.15, -0.1) is 5.10 Å². The van der Waals surface area contributed by atoms with Gasteiger partial charge in [-0.2, -0.15) is 0 Å². The van der Waals surface area contributed by atoms with Crippen LogP contribution in [0.5, 0.6) is 5.75 Å². The summed E-state index contributed by atoms with van der Waals surface area (Å²) in [6.07, 6.45) is 0.712. The van der Waals surface area contributed by atoms with Crippen LogP contribution in [0.15, 0.2) is 24.3 Å². The molecule has 2 rings (SSSR count). The van der Waals surface area contributed by atoms with Crippen molar-refractivity contribution < 1.29 is 9.90 Å². The first kappa shape index (κ1) is 12.3. The largest absolute Gasteiger partial charge is 0.508 e. The monoisotopic (exact) mass is 245 g/mol. The van der Waals surface area contributed by atoms with Crippen molar-refractivity contribution in [2.24, 2.45) is 0 Å². The minimum Gasteiger partial charge on any atom is -0.508 e. The quantitative estimate of drug-likeness (QED) is 0.836. The average molecular weight is 245 g/mol. The fourth-order valence-corrected chi connectivity index (χ4v) is 1.93. The van der Waals surface area contributed by atoms with Gasteiger partial charge in [-0.1, -0.05) is 37.3 Å². The van der Waals surface area contributed by atoms with Crippen molar-refractivity contribution in [1.82, 2.24) is 15.0 Å². The molecule has 1 N–H and O–H groups in total. The van der Waals surface area contributed by atoms with E-state index < -0.39 is 0 Å². The van der Waals surface area contributed by atoms with E-state index in [2.05, 4.69) is 10.3 Å². The van der Waals surface area contributed by atoms with E-state index in [4.69, 9.17) is 0 Å². The third-order valence-corrected chi connectivity index (χ3v) is 2.77. The van der Waals surface area contributed by atoms with E-state index in [9.17, 15) is 9.90 Å². The van der Waals surface area contributed by atoms with E-state index in [0.717, 1.165) is 11.3 Å². The fraction of sp³-hybridized carbons (Fsp3) is 0.308. The van der Waals surface area contributed by atoms with Crippen LogP contribution >= 0.6 is 0 Å². The summed E-state index contributed by atoms with van der Waals surface area (Å²) in [5.41, 5.74) is 1.90. The number of hydrogen-bond acceptors (Lipinski definition) is 4. The zero-order chi connectivity index (χ0) is 13.1. The summed E-state index contributed by atoms with van der Waals surface area (Å²) in [4.78, 5) is 10.9.